The van der Waals surface area contributed by atoms with Crippen LogP contribution in [0.15, 0.2) is 24.3 Å². The molecule has 0 unspecified atom stereocenters. The predicted molar refractivity (Wildman–Crippen MR) is 62.8 cm³/mol. The molecule has 5 heteroatoms. The summed E-state index contributed by atoms with van der Waals surface area (Å²) >= 11 is 0. The molecule has 1 aromatic rings. The molecule has 0 saturated carbocycles. The van der Waals surface area contributed by atoms with E-state index < -0.39 is 5.97 Å². The molecule has 0 fully saturated rings. The Morgan fingerprint density at radius 3 is 2.50 bits per heavy atom. The van der Waals surface area contributed by atoms with Crippen molar-refractivity contribution in [3.05, 3.63) is 29.8 Å². The van der Waals surface area contributed by atoms with Crippen molar-refractivity contribution in [2.24, 2.45) is 0 Å². The van der Waals surface area contributed by atoms with Gasteiger partial charge < -0.3 is 15.7 Å². The highest BCUT2D eigenvalue weighted by molar-refractivity contribution is 5.90. The number of benzene rings is 1. The molecule has 86 valence electrons. The number of aryl methyl sites for hydroxylation is 1. The molecule has 0 spiro atoms. The zero-order chi connectivity index (χ0) is 12.0. The summed E-state index contributed by atoms with van der Waals surface area (Å²) in [7, 11) is 1.66. The van der Waals surface area contributed by atoms with Crippen LogP contribution in [0.25, 0.3) is 0 Å². The van der Waals surface area contributed by atoms with E-state index in [1.165, 1.54) is 0 Å². The molecule has 0 aliphatic carbocycles. The van der Waals surface area contributed by atoms with E-state index in [4.69, 9.17) is 10.5 Å². The molecule has 16 heavy (non-hydrogen) atoms. The van der Waals surface area contributed by atoms with E-state index in [-0.39, 0.29) is 12.4 Å². The highest BCUT2D eigenvalue weighted by Gasteiger charge is 1.99. The zero-order valence-electron chi connectivity index (χ0n) is 9.08. The fraction of sp³-hybridized carbons (Fsp3) is 0.273. The summed E-state index contributed by atoms with van der Waals surface area (Å²) in [5.41, 5.74) is 1.78. The van der Waals surface area contributed by atoms with Crippen molar-refractivity contribution in [2.75, 3.05) is 12.4 Å². The highest BCUT2D eigenvalue weighted by Crippen LogP contribution is 2.10. The largest absolute Gasteiger partial charge is 0.481 e. The van der Waals surface area contributed by atoms with Gasteiger partial charge in [0.25, 0.3) is 0 Å². The minimum absolute atomic E-state index is 0.138. The van der Waals surface area contributed by atoms with Crippen LogP contribution in [0.3, 0.4) is 0 Å². The summed E-state index contributed by atoms with van der Waals surface area (Å²) in [5, 5.41) is 21.4. The van der Waals surface area contributed by atoms with Crippen molar-refractivity contribution in [2.45, 2.75) is 12.8 Å². The third kappa shape index (κ3) is 4.00. The SMILES string of the molecule is CNC(=N)Nc1ccc(CCC(=O)O)cc1. The first-order valence-electron chi connectivity index (χ1n) is 4.96. The summed E-state index contributed by atoms with van der Waals surface area (Å²) in [6, 6.07) is 7.36. The monoisotopic (exact) mass is 221 g/mol. The minimum atomic E-state index is -0.792. The molecule has 0 aromatic heterocycles. The molecule has 0 aliphatic heterocycles. The van der Waals surface area contributed by atoms with Crippen molar-refractivity contribution < 1.29 is 9.90 Å². The maximum Gasteiger partial charge on any atom is 0.303 e. The number of carboxylic acid groups (broad SMARTS) is 1. The van der Waals surface area contributed by atoms with Crippen molar-refractivity contribution in [1.29, 1.82) is 5.41 Å². The zero-order valence-corrected chi connectivity index (χ0v) is 9.08. The second-order valence-corrected chi connectivity index (χ2v) is 3.34. The van der Waals surface area contributed by atoms with Crippen LogP contribution >= 0.6 is 0 Å². The van der Waals surface area contributed by atoms with Crippen LogP contribution in [-0.4, -0.2) is 24.1 Å². The Morgan fingerprint density at radius 2 is 2.00 bits per heavy atom. The molecule has 0 radical (unpaired) electrons. The Bertz CT molecular complexity index is 373. The van der Waals surface area contributed by atoms with Crippen molar-refractivity contribution in [3.63, 3.8) is 0 Å². The van der Waals surface area contributed by atoms with Gasteiger partial charge in [-0.15, -0.1) is 0 Å². The molecule has 0 heterocycles. The quantitative estimate of drug-likeness (QED) is 0.455. The molecule has 0 amide bonds. The molecular weight excluding hydrogens is 206 g/mol. The van der Waals surface area contributed by atoms with Crippen LogP contribution < -0.4 is 10.6 Å². The predicted octanol–water partition coefficient (Wildman–Crippen LogP) is 1.27. The van der Waals surface area contributed by atoms with Crippen molar-refractivity contribution in [3.8, 4) is 0 Å². The second-order valence-electron chi connectivity index (χ2n) is 3.34. The Balaban J connectivity index is 2.54. The smallest absolute Gasteiger partial charge is 0.303 e. The summed E-state index contributed by atoms with van der Waals surface area (Å²) < 4.78 is 0. The lowest BCUT2D eigenvalue weighted by Crippen LogP contribution is -2.25. The summed E-state index contributed by atoms with van der Waals surface area (Å²) in [6.07, 6.45) is 0.665. The average Bonchev–Trinajstić information content (AvgIpc) is 2.28. The van der Waals surface area contributed by atoms with Gasteiger partial charge in [-0.25, -0.2) is 0 Å². The van der Waals surface area contributed by atoms with Crippen LogP contribution in [-0.2, 0) is 11.2 Å². The summed E-state index contributed by atoms with van der Waals surface area (Å²) in [4.78, 5) is 10.4. The lowest BCUT2D eigenvalue weighted by molar-refractivity contribution is -0.136. The number of nitrogens with one attached hydrogen (secondary N) is 3. The Labute approximate surface area is 94.0 Å². The number of aliphatic carboxylic acids is 1. The van der Waals surface area contributed by atoms with Crippen molar-refractivity contribution >= 4 is 17.6 Å². The van der Waals surface area contributed by atoms with Crippen LogP contribution in [0.4, 0.5) is 5.69 Å². The third-order valence-electron chi connectivity index (χ3n) is 2.10. The highest BCUT2D eigenvalue weighted by atomic mass is 16.4. The molecule has 0 bridgehead atoms. The van der Waals surface area contributed by atoms with Gasteiger partial charge >= 0.3 is 5.97 Å². The van der Waals surface area contributed by atoms with Crippen molar-refractivity contribution in [1.82, 2.24) is 5.32 Å². The summed E-state index contributed by atoms with van der Waals surface area (Å²) in [6.45, 7) is 0. The number of hydrogen-bond acceptors (Lipinski definition) is 2. The summed E-state index contributed by atoms with van der Waals surface area (Å²) in [5.74, 6) is -0.572. The molecule has 0 atom stereocenters. The second kappa shape index (κ2) is 5.75. The molecule has 0 aliphatic rings. The van der Waals surface area contributed by atoms with Gasteiger partial charge in [0.2, 0.25) is 0 Å². The van der Waals surface area contributed by atoms with Gasteiger partial charge in [0, 0.05) is 19.2 Å². The molecule has 4 N–H and O–H groups in total. The van der Waals surface area contributed by atoms with Gasteiger partial charge in [-0.3, -0.25) is 10.2 Å². The van der Waals surface area contributed by atoms with Crippen LogP contribution in [0.5, 0.6) is 0 Å². The Hall–Kier alpha value is -2.04. The van der Waals surface area contributed by atoms with Gasteiger partial charge in [-0.1, -0.05) is 12.1 Å². The number of carboxylic acids is 1. The number of carbonyl (C=O) groups is 1. The first-order valence-corrected chi connectivity index (χ1v) is 4.96. The molecular formula is C11H15N3O2. The molecule has 0 saturated heterocycles. The molecule has 1 aromatic carbocycles. The molecule has 5 nitrogen and oxygen atoms in total. The van der Waals surface area contributed by atoms with Crippen LogP contribution in [0, 0.1) is 5.41 Å². The van der Waals surface area contributed by atoms with E-state index >= 15 is 0 Å². The normalized spacial score (nSPS) is 9.56. The minimum Gasteiger partial charge on any atom is -0.481 e. The van der Waals surface area contributed by atoms with Gasteiger partial charge in [-0.2, -0.15) is 0 Å². The van der Waals surface area contributed by atoms with Gasteiger partial charge in [-0.05, 0) is 24.1 Å². The lowest BCUT2D eigenvalue weighted by Gasteiger charge is -2.07. The van der Waals surface area contributed by atoms with Gasteiger partial charge in [0.05, 0.1) is 0 Å². The van der Waals surface area contributed by atoms with E-state index in [0.717, 1.165) is 11.3 Å². The fourth-order valence-corrected chi connectivity index (χ4v) is 1.21. The Morgan fingerprint density at radius 1 is 1.38 bits per heavy atom. The Kier molecular flexibility index (Phi) is 4.32. The third-order valence-corrected chi connectivity index (χ3v) is 2.10. The topological polar surface area (TPSA) is 85.2 Å². The maximum absolute atomic E-state index is 10.4. The van der Waals surface area contributed by atoms with E-state index in [1.807, 2.05) is 24.3 Å². The average molecular weight is 221 g/mol. The van der Waals surface area contributed by atoms with E-state index in [2.05, 4.69) is 10.6 Å². The van der Waals surface area contributed by atoms with Crippen LogP contribution in [0.2, 0.25) is 0 Å². The molecule has 1 rings (SSSR count). The van der Waals surface area contributed by atoms with Gasteiger partial charge in [0.15, 0.2) is 5.96 Å². The number of rotatable bonds is 4. The number of guanidine groups is 1. The fourth-order valence-electron chi connectivity index (χ4n) is 1.21. The number of hydrogen-bond donors (Lipinski definition) is 4. The standard InChI is InChI=1S/C11H15N3O2/c1-13-11(12)14-9-5-2-8(3-6-9)4-7-10(15)16/h2-3,5-6H,4,7H2,1H3,(H,15,16)(H3,12,13,14). The van der Waals surface area contributed by atoms with E-state index in [9.17, 15) is 4.79 Å². The van der Waals surface area contributed by atoms with Crippen LogP contribution in [0.1, 0.15) is 12.0 Å². The van der Waals surface area contributed by atoms with E-state index in [1.54, 1.807) is 7.05 Å². The van der Waals surface area contributed by atoms with E-state index in [0.29, 0.717) is 6.42 Å². The van der Waals surface area contributed by atoms with Gasteiger partial charge in [0.1, 0.15) is 0 Å². The first kappa shape index (κ1) is 12.0. The lowest BCUT2D eigenvalue weighted by atomic mass is 10.1. The maximum atomic E-state index is 10.4. The first-order chi connectivity index (χ1) is 7.61. The number of anilines is 1.